The molecule has 0 aliphatic rings. The van der Waals surface area contributed by atoms with Crippen LogP contribution in [-0.4, -0.2) is 31.8 Å². The number of ether oxygens (including phenoxy) is 1. The summed E-state index contributed by atoms with van der Waals surface area (Å²) >= 11 is 0. The first-order valence-electron chi connectivity index (χ1n) is 9.19. The van der Waals surface area contributed by atoms with Gasteiger partial charge in [0.2, 0.25) is 0 Å². The summed E-state index contributed by atoms with van der Waals surface area (Å²) < 4.78 is 5.72. The minimum atomic E-state index is 0.0509. The molecule has 0 amide bonds. The fourth-order valence-electron chi connectivity index (χ4n) is 2.85. The molecule has 26 heavy (non-hydrogen) atoms. The van der Waals surface area contributed by atoms with Crippen molar-refractivity contribution in [3.8, 4) is 22.9 Å². The normalized spacial score (nSPS) is 11.1. The number of hydrogen-bond acceptors (Lipinski definition) is 5. The Kier molecular flexibility index (Phi) is 5.94. The van der Waals surface area contributed by atoms with Crippen LogP contribution in [0.25, 0.3) is 16.7 Å². The molecule has 6 nitrogen and oxygen atoms in total. The SMILES string of the molecule is CCCCCCCCOc1ccc(-n2nc3ccc(O)cc3n2)c(O)c1. The summed E-state index contributed by atoms with van der Waals surface area (Å²) in [5, 5.41) is 28.4. The van der Waals surface area contributed by atoms with Crippen LogP contribution in [0.1, 0.15) is 45.4 Å². The standard InChI is InChI=1S/C20H25N3O3/c1-2-3-4-5-6-7-12-26-16-9-11-19(20(25)14-16)23-21-17-10-8-15(24)13-18(17)22-23/h8-11,13-14,24-25H,2-7,12H2,1H3. The lowest BCUT2D eigenvalue weighted by atomic mass is 10.1. The predicted octanol–water partition coefficient (Wildman–Crippen LogP) is 4.57. The average Bonchev–Trinajstić information content (AvgIpc) is 3.03. The predicted molar refractivity (Wildman–Crippen MR) is 101 cm³/mol. The number of nitrogens with zero attached hydrogens (tertiary/aromatic N) is 3. The van der Waals surface area contributed by atoms with Crippen LogP contribution in [0.5, 0.6) is 17.2 Å². The highest BCUT2D eigenvalue weighted by molar-refractivity contribution is 5.75. The van der Waals surface area contributed by atoms with Crippen molar-refractivity contribution in [2.75, 3.05) is 6.61 Å². The van der Waals surface area contributed by atoms with Gasteiger partial charge in [-0.25, -0.2) is 0 Å². The van der Waals surface area contributed by atoms with E-state index in [0.717, 1.165) is 6.42 Å². The number of hydrogen-bond donors (Lipinski definition) is 2. The lowest BCUT2D eigenvalue weighted by molar-refractivity contribution is 0.302. The number of aromatic hydroxyl groups is 2. The fourth-order valence-corrected chi connectivity index (χ4v) is 2.85. The molecule has 138 valence electrons. The van der Waals surface area contributed by atoms with Gasteiger partial charge in [0.05, 0.1) is 6.61 Å². The van der Waals surface area contributed by atoms with Gasteiger partial charge in [0.15, 0.2) is 0 Å². The molecule has 6 heteroatoms. The molecule has 2 N–H and O–H groups in total. The van der Waals surface area contributed by atoms with Crippen LogP contribution < -0.4 is 4.74 Å². The number of benzene rings is 2. The van der Waals surface area contributed by atoms with Crippen LogP contribution in [0.2, 0.25) is 0 Å². The third-order valence-electron chi connectivity index (χ3n) is 4.29. The molecule has 0 aliphatic heterocycles. The Balaban J connectivity index is 1.60. The summed E-state index contributed by atoms with van der Waals surface area (Å²) in [4.78, 5) is 1.36. The van der Waals surface area contributed by atoms with Crippen molar-refractivity contribution in [1.29, 1.82) is 0 Å². The van der Waals surface area contributed by atoms with E-state index in [0.29, 0.717) is 29.1 Å². The fraction of sp³-hybridized carbons (Fsp3) is 0.400. The Morgan fingerprint density at radius 1 is 0.885 bits per heavy atom. The Labute approximate surface area is 153 Å². The molecule has 0 bridgehead atoms. The van der Waals surface area contributed by atoms with Crippen LogP contribution in [-0.2, 0) is 0 Å². The Bertz CT molecular complexity index is 861. The number of unbranched alkanes of at least 4 members (excludes halogenated alkanes) is 5. The zero-order valence-corrected chi connectivity index (χ0v) is 15.1. The second-order valence-corrected chi connectivity index (χ2v) is 6.43. The van der Waals surface area contributed by atoms with Gasteiger partial charge in [-0.3, -0.25) is 0 Å². The second-order valence-electron chi connectivity index (χ2n) is 6.43. The lowest BCUT2D eigenvalue weighted by Gasteiger charge is -2.08. The van der Waals surface area contributed by atoms with Gasteiger partial charge in [-0.05, 0) is 30.7 Å². The number of phenols is 2. The van der Waals surface area contributed by atoms with E-state index < -0.39 is 0 Å². The first kappa shape index (κ1) is 18.0. The van der Waals surface area contributed by atoms with E-state index in [1.165, 1.54) is 43.0 Å². The molecule has 0 atom stereocenters. The molecule has 0 saturated heterocycles. The number of fused-ring (bicyclic) bond motifs is 1. The Morgan fingerprint density at radius 3 is 2.46 bits per heavy atom. The van der Waals surface area contributed by atoms with E-state index in [4.69, 9.17) is 4.74 Å². The molecule has 0 fully saturated rings. The summed E-state index contributed by atoms with van der Waals surface area (Å²) in [5.74, 6) is 0.816. The topological polar surface area (TPSA) is 80.4 Å². The molecule has 0 unspecified atom stereocenters. The van der Waals surface area contributed by atoms with Crippen molar-refractivity contribution in [1.82, 2.24) is 15.0 Å². The summed E-state index contributed by atoms with van der Waals surface area (Å²) in [6.45, 7) is 2.86. The third kappa shape index (κ3) is 4.45. The van der Waals surface area contributed by atoms with Crippen molar-refractivity contribution < 1.29 is 14.9 Å². The second kappa shape index (κ2) is 8.56. The summed E-state index contributed by atoms with van der Waals surface area (Å²) in [5.41, 5.74) is 1.67. The number of rotatable bonds is 9. The quantitative estimate of drug-likeness (QED) is 0.550. The van der Waals surface area contributed by atoms with Gasteiger partial charge in [-0.15, -0.1) is 15.0 Å². The van der Waals surface area contributed by atoms with E-state index in [1.54, 1.807) is 30.3 Å². The highest BCUT2D eigenvalue weighted by Crippen LogP contribution is 2.27. The van der Waals surface area contributed by atoms with Gasteiger partial charge in [0, 0.05) is 12.1 Å². The van der Waals surface area contributed by atoms with Gasteiger partial charge < -0.3 is 14.9 Å². The van der Waals surface area contributed by atoms with E-state index in [9.17, 15) is 10.2 Å². The maximum absolute atomic E-state index is 10.3. The van der Waals surface area contributed by atoms with Crippen molar-refractivity contribution in [2.24, 2.45) is 0 Å². The van der Waals surface area contributed by atoms with Crippen LogP contribution in [0, 0.1) is 0 Å². The maximum atomic E-state index is 10.3. The van der Waals surface area contributed by atoms with Gasteiger partial charge >= 0.3 is 0 Å². The minimum Gasteiger partial charge on any atom is -0.508 e. The first-order chi connectivity index (χ1) is 12.7. The largest absolute Gasteiger partial charge is 0.508 e. The summed E-state index contributed by atoms with van der Waals surface area (Å²) in [7, 11) is 0. The zero-order chi connectivity index (χ0) is 18.4. The van der Waals surface area contributed by atoms with E-state index >= 15 is 0 Å². The molecule has 0 saturated carbocycles. The molecule has 2 aromatic carbocycles. The molecular weight excluding hydrogens is 330 g/mol. The summed E-state index contributed by atoms with van der Waals surface area (Å²) in [6.07, 6.45) is 7.27. The van der Waals surface area contributed by atoms with Crippen LogP contribution in [0.4, 0.5) is 0 Å². The molecule has 0 radical (unpaired) electrons. The molecule has 0 spiro atoms. The van der Waals surface area contributed by atoms with E-state index in [1.807, 2.05) is 0 Å². The van der Waals surface area contributed by atoms with E-state index in [2.05, 4.69) is 17.1 Å². The van der Waals surface area contributed by atoms with Crippen molar-refractivity contribution in [3.63, 3.8) is 0 Å². The zero-order valence-electron chi connectivity index (χ0n) is 15.1. The van der Waals surface area contributed by atoms with Gasteiger partial charge in [0.25, 0.3) is 0 Å². The van der Waals surface area contributed by atoms with E-state index in [-0.39, 0.29) is 11.5 Å². The maximum Gasteiger partial charge on any atom is 0.146 e. The van der Waals surface area contributed by atoms with Gasteiger partial charge in [-0.1, -0.05) is 39.0 Å². The monoisotopic (exact) mass is 355 g/mol. The minimum absolute atomic E-state index is 0.0509. The molecule has 3 aromatic rings. The number of phenolic OH excluding ortho intramolecular Hbond substituents is 2. The van der Waals surface area contributed by atoms with Gasteiger partial charge in [-0.2, -0.15) is 0 Å². The van der Waals surface area contributed by atoms with Crippen LogP contribution in [0.3, 0.4) is 0 Å². The molecule has 1 heterocycles. The highest BCUT2D eigenvalue weighted by Gasteiger charge is 2.10. The van der Waals surface area contributed by atoms with Crippen LogP contribution in [0.15, 0.2) is 36.4 Å². The first-order valence-corrected chi connectivity index (χ1v) is 9.19. The smallest absolute Gasteiger partial charge is 0.146 e. The lowest BCUT2D eigenvalue weighted by Crippen LogP contribution is -2.01. The third-order valence-corrected chi connectivity index (χ3v) is 4.29. The molecular formula is C20H25N3O3. The van der Waals surface area contributed by atoms with Crippen molar-refractivity contribution >= 4 is 11.0 Å². The van der Waals surface area contributed by atoms with Crippen molar-refractivity contribution in [2.45, 2.75) is 45.4 Å². The van der Waals surface area contributed by atoms with Gasteiger partial charge in [0.1, 0.15) is 34.0 Å². The molecule has 1 aromatic heterocycles. The Morgan fingerprint density at radius 2 is 1.65 bits per heavy atom. The van der Waals surface area contributed by atoms with Crippen LogP contribution >= 0.6 is 0 Å². The molecule has 3 rings (SSSR count). The highest BCUT2D eigenvalue weighted by atomic mass is 16.5. The average molecular weight is 355 g/mol. The molecule has 0 aliphatic carbocycles. The summed E-state index contributed by atoms with van der Waals surface area (Å²) in [6, 6.07) is 9.89. The van der Waals surface area contributed by atoms with Crippen molar-refractivity contribution in [3.05, 3.63) is 36.4 Å². The number of aromatic nitrogens is 3. The Hall–Kier alpha value is -2.76.